The molecule has 1 aliphatic rings. The summed E-state index contributed by atoms with van der Waals surface area (Å²) in [6.45, 7) is -0.401. The van der Waals surface area contributed by atoms with Crippen LogP contribution in [0.1, 0.15) is 10.4 Å². The van der Waals surface area contributed by atoms with Crippen LogP contribution in [0.4, 0.5) is 6.01 Å². The SMILES string of the molecule is O=C(COC(=O)c1ccc2c(c1)OCO2)Nc1nnc(-c2ccccc2)o1. The number of hydrogen-bond acceptors (Lipinski definition) is 8. The van der Waals surface area contributed by atoms with Crippen LogP contribution in [0.3, 0.4) is 0 Å². The number of esters is 1. The van der Waals surface area contributed by atoms with Gasteiger partial charge in [0.1, 0.15) is 0 Å². The first kappa shape index (κ1) is 16.6. The van der Waals surface area contributed by atoms with Gasteiger partial charge in [-0.05, 0) is 30.3 Å². The first-order chi connectivity index (χ1) is 13.2. The van der Waals surface area contributed by atoms with Gasteiger partial charge in [0.15, 0.2) is 18.1 Å². The Morgan fingerprint density at radius 1 is 1.04 bits per heavy atom. The minimum Gasteiger partial charge on any atom is -0.454 e. The molecule has 1 amide bonds. The molecule has 0 saturated carbocycles. The number of amides is 1. The summed E-state index contributed by atoms with van der Waals surface area (Å²) in [5, 5.41) is 9.97. The van der Waals surface area contributed by atoms with Crippen LogP contribution in [0.25, 0.3) is 11.5 Å². The van der Waals surface area contributed by atoms with Crippen LogP contribution in [0.2, 0.25) is 0 Å². The van der Waals surface area contributed by atoms with Crippen molar-refractivity contribution in [1.29, 1.82) is 0 Å². The molecule has 9 heteroatoms. The average molecular weight is 367 g/mol. The molecule has 0 aliphatic carbocycles. The third kappa shape index (κ3) is 3.71. The van der Waals surface area contributed by atoms with Gasteiger partial charge in [0, 0.05) is 5.56 Å². The first-order valence-corrected chi connectivity index (χ1v) is 7.94. The number of nitrogens with zero attached hydrogens (tertiary/aromatic N) is 2. The van der Waals surface area contributed by atoms with Gasteiger partial charge in [-0.2, -0.15) is 0 Å². The number of hydrogen-bond donors (Lipinski definition) is 1. The quantitative estimate of drug-likeness (QED) is 0.683. The number of fused-ring (bicyclic) bond motifs is 1. The number of carbonyl (C=O) groups excluding carboxylic acids is 2. The number of carbonyl (C=O) groups is 2. The maximum atomic E-state index is 12.0. The second-order valence-corrected chi connectivity index (χ2v) is 5.47. The van der Waals surface area contributed by atoms with Crippen LogP contribution in [-0.2, 0) is 9.53 Å². The van der Waals surface area contributed by atoms with Crippen LogP contribution in [0, 0.1) is 0 Å². The highest BCUT2D eigenvalue weighted by atomic mass is 16.7. The Balaban J connectivity index is 1.32. The van der Waals surface area contributed by atoms with E-state index in [0.29, 0.717) is 11.5 Å². The van der Waals surface area contributed by atoms with E-state index in [2.05, 4.69) is 15.5 Å². The summed E-state index contributed by atoms with van der Waals surface area (Å²) in [6, 6.07) is 13.6. The third-order valence-electron chi connectivity index (χ3n) is 3.63. The lowest BCUT2D eigenvalue weighted by molar-refractivity contribution is -0.119. The van der Waals surface area contributed by atoms with Crippen LogP contribution in [0.15, 0.2) is 52.9 Å². The molecule has 2 aromatic carbocycles. The molecule has 9 nitrogen and oxygen atoms in total. The molecule has 136 valence electrons. The Morgan fingerprint density at radius 3 is 2.70 bits per heavy atom. The molecule has 0 fully saturated rings. The standard InChI is InChI=1S/C18H13N3O6/c22-15(19-18-21-20-16(27-18)11-4-2-1-3-5-11)9-24-17(23)12-6-7-13-14(8-12)26-10-25-13/h1-8H,9-10H2,(H,19,21,22). The lowest BCUT2D eigenvalue weighted by atomic mass is 10.2. The third-order valence-corrected chi connectivity index (χ3v) is 3.63. The Kier molecular flexibility index (Phi) is 4.40. The molecule has 1 N–H and O–H groups in total. The van der Waals surface area contributed by atoms with Gasteiger partial charge in [-0.15, -0.1) is 5.10 Å². The summed E-state index contributed by atoms with van der Waals surface area (Å²) in [7, 11) is 0. The van der Waals surface area contributed by atoms with Crippen molar-refractivity contribution in [2.24, 2.45) is 0 Å². The van der Waals surface area contributed by atoms with Crippen LogP contribution in [-0.4, -0.2) is 35.5 Å². The van der Waals surface area contributed by atoms with Crippen molar-refractivity contribution in [3.05, 3.63) is 54.1 Å². The van der Waals surface area contributed by atoms with Gasteiger partial charge in [-0.1, -0.05) is 23.3 Å². The zero-order valence-electron chi connectivity index (χ0n) is 13.9. The molecular weight excluding hydrogens is 354 g/mol. The van der Waals surface area contributed by atoms with Gasteiger partial charge in [0.05, 0.1) is 5.56 Å². The van der Waals surface area contributed by atoms with E-state index in [1.54, 1.807) is 18.2 Å². The zero-order valence-corrected chi connectivity index (χ0v) is 13.9. The first-order valence-electron chi connectivity index (χ1n) is 7.94. The minimum absolute atomic E-state index is 0.0852. The van der Waals surface area contributed by atoms with Crippen molar-refractivity contribution in [3.8, 4) is 23.0 Å². The monoisotopic (exact) mass is 367 g/mol. The number of aromatic nitrogens is 2. The Bertz CT molecular complexity index is 986. The molecule has 3 aromatic rings. The van der Waals surface area contributed by atoms with E-state index in [1.807, 2.05) is 18.2 Å². The Morgan fingerprint density at radius 2 is 1.85 bits per heavy atom. The molecule has 1 aromatic heterocycles. The van der Waals surface area contributed by atoms with Crippen molar-refractivity contribution in [2.75, 3.05) is 18.7 Å². The molecular formula is C18H13N3O6. The average Bonchev–Trinajstić information content (AvgIpc) is 3.35. The summed E-state index contributed by atoms with van der Waals surface area (Å²) in [5.41, 5.74) is 0.968. The van der Waals surface area contributed by atoms with Crippen molar-refractivity contribution in [3.63, 3.8) is 0 Å². The van der Waals surface area contributed by atoms with Gasteiger partial charge in [0.25, 0.3) is 5.91 Å². The summed E-state index contributed by atoms with van der Waals surface area (Å²) in [6.07, 6.45) is 0. The van der Waals surface area contributed by atoms with E-state index in [0.717, 1.165) is 5.56 Å². The number of anilines is 1. The fraction of sp³-hybridized carbons (Fsp3) is 0.111. The van der Waals surface area contributed by atoms with Crippen LogP contribution >= 0.6 is 0 Å². The fourth-order valence-corrected chi connectivity index (χ4v) is 2.36. The van der Waals surface area contributed by atoms with Crippen molar-refractivity contribution >= 4 is 17.9 Å². The lowest BCUT2D eigenvalue weighted by Crippen LogP contribution is -2.21. The maximum Gasteiger partial charge on any atom is 0.338 e. The molecule has 2 heterocycles. The highest BCUT2D eigenvalue weighted by Gasteiger charge is 2.18. The zero-order chi connectivity index (χ0) is 18.6. The molecule has 0 unspecified atom stereocenters. The summed E-state index contributed by atoms with van der Waals surface area (Å²) >= 11 is 0. The molecule has 0 radical (unpaired) electrons. The molecule has 0 bridgehead atoms. The second-order valence-electron chi connectivity index (χ2n) is 5.47. The van der Waals surface area contributed by atoms with Crippen molar-refractivity contribution in [2.45, 2.75) is 0 Å². The van der Waals surface area contributed by atoms with E-state index in [4.69, 9.17) is 18.6 Å². The number of ether oxygens (including phenoxy) is 3. The molecule has 27 heavy (non-hydrogen) atoms. The predicted octanol–water partition coefficient (Wildman–Crippen LogP) is 2.26. The van der Waals surface area contributed by atoms with Crippen LogP contribution < -0.4 is 14.8 Å². The summed E-state index contributed by atoms with van der Waals surface area (Å²) in [4.78, 5) is 24.0. The highest BCUT2D eigenvalue weighted by molar-refractivity contribution is 5.94. The number of benzene rings is 2. The topological polar surface area (TPSA) is 113 Å². The highest BCUT2D eigenvalue weighted by Crippen LogP contribution is 2.32. The van der Waals surface area contributed by atoms with Gasteiger partial charge in [0.2, 0.25) is 12.7 Å². The minimum atomic E-state index is -0.668. The Labute approximate surface area is 152 Å². The van der Waals surface area contributed by atoms with Gasteiger partial charge < -0.3 is 18.6 Å². The van der Waals surface area contributed by atoms with Crippen molar-refractivity contribution < 1.29 is 28.2 Å². The maximum absolute atomic E-state index is 12.0. The number of rotatable bonds is 5. The van der Waals surface area contributed by atoms with Gasteiger partial charge in [-0.25, -0.2) is 4.79 Å². The fourth-order valence-electron chi connectivity index (χ4n) is 2.36. The predicted molar refractivity (Wildman–Crippen MR) is 91.2 cm³/mol. The number of nitrogens with one attached hydrogen (secondary N) is 1. The molecule has 0 atom stereocenters. The van der Waals surface area contributed by atoms with Gasteiger partial charge >= 0.3 is 12.0 Å². The lowest BCUT2D eigenvalue weighted by Gasteiger charge is -2.05. The Hall–Kier alpha value is -3.88. The molecule has 1 aliphatic heterocycles. The van der Waals surface area contributed by atoms with E-state index >= 15 is 0 Å². The smallest absolute Gasteiger partial charge is 0.338 e. The summed E-state index contributed by atoms with van der Waals surface area (Å²) in [5.74, 6) is -0.00215. The molecule has 4 rings (SSSR count). The van der Waals surface area contributed by atoms with E-state index in [1.165, 1.54) is 12.1 Å². The van der Waals surface area contributed by atoms with E-state index < -0.39 is 18.5 Å². The second kappa shape index (κ2) is 7.16. The largest absolute Gasteiger partial charge is 0.454 e. The van der Waals surface area contributed by atoms with E-state index in [-0.39, 0.29) is 24.3 Å². The van der Waals surface area contributed by atoms with Crippen LogP contribution in [0.5, 0.6) is 11.5 Å². The normalized spacial score (nSPS) is 11.9. The van der Waals surface area contributed by atoms with E-state index in [9.17, 15) is 9.59 Å². The summed E-state index contributed by atoms with van der Waals surface area (Å²) < 4.78 is 20.7. The van der Waals surface area contributed by atoms with Crippen molar-refractivity contribution in [1.82, 2.24) is 10.2 Å². The molecule has 0 saturated heterocycles. The van der Waals surface area contributed by atoms with Gasteiger partial charge in [-0.3, -0.25) is 10.1 Å². The molecule has 0 spiro atoms.